The van der Waals surface area contributed by atoms with E-state index in [4.69, 9.17) is 9.47 Å². The lowest BCUT2D eigenvalue weighted by atomic mass is 10.2. The van der Waals surface area contributed by atoms with E-state index < -0.39 is 11.7 Å². The van der Waals surface area contributed by atoms with Gasteiger partial charge < -0.3 is 9.47 Å². The summed E-state index contributed by atoms with van der Waals surface area (Å²) in [7, 11) is 0. The fourth-order valence-electron chi connectivity index (χ4n) is 4.02. The number of nitrogens with zero attached hydrogens (tertiary/aromatic N) is 4. The monoisotopic (exact) mass is 509 g/mol. The summed E-state index contributed by atoms with van der Waals surface area (Å²) in [6.07, 6.45) is 4.45. The smallest absolute Gasteiger partial charge is 0.412 e. The minimum absolute atomic E-state index is 0.274. The Bertz CT molecular complexity index is 1630. The van der Waals surface area contributed by atoms with Gasteiger partial charge in [0.05, 0.1) is 34.3 Å². The fraction of sp³-hybridized carbons (Fsp3) is 0.172. The maximum Gasteiger partial charge on any atom is 0.412 e. The molecule has 3 aromatic heterocycles. The highest BCUT2D eigenvalue weighted by Gasteiger charge is 2.18. The first kappa shape index (κ1) is 24.8. The van der Waals surface area contributed by atoms with Crippen molar-refractivity contribution in [1.82, 2.24) is 19.1 Å². The van der Waals surface area contributed by atoms with Gasteiger partial charge in [-0.25, -0.2) is 9.59 Å². The lowest BCUT2D eigenvalue weighted by Crippen LogP contribution is -2.27. The van der Waals surface area contributed by atoms with Crippen LogP contribution in [0.2, 0.25) is 0 Å². The summed E-state index contributed by atoms with van der Waals surface area (Å²) >= 11 is 0. The Morgan fingerprint density at radius 1 is 0.895 bits per heavy atom. The van der Waals surface area contributed by atoms with E-state index in [2.05, 4.69) is 15.3 Å². The molecular formula is C29H27N5O4. The van der Waals surface area contributed by atoms with Crippen molar-refractivity contribution in [3.63, 3.8) is 0 Å². The molecule has 0 fully saturated rings. The maximum absolute atomic E-state index is 13.8. The molecule has 0 unspecified atom stereocenters. The molecule has 0 saturated carbocycles. The SMILES string of the molecule is CC(C)(C)OC(=O)Nc1cccc(-n2c(=O)n(-c3ccc(OCc4ccccn4)cc3)c3cnccc32)c1. The number of imidazole rings is 1. The standard InChI is InChI=1S/C29H27N5O4/c1-29(2,3)38-27(35)32-20-8-6-9-23(17-20)34-25-14-16-30-18-26(25)33(28(34)36)22-10-12-24(13-11-22)37-19-21-7-4-5-15-31-21/h4-18H,19H2,1-3H3,(H,32,35). The van der Waals surface area contributed by atoms with Gasteiger partial charge >= 0.3 is 11.8 Å². The van der Waals surface area contributed by atoms with Gasteiger partial charge in [0, 0.05) is 18.1 Å². The Morgan fingerprint density at radius 3 is 2.42 bits per heavy atom. The summed E-state index contributed by atoms with van der Waals surface area (Å²) in [5.74, 6) is 0.662. The molecule has 0 aliphatic rings. The van der Waals surface area contributed by atoms with Crippen molar-refractivity contribution < 1.29 is 14.3 Å². The number of amides is 1. The minimum atomic E-state index is -0.627. The third-order valence-corrected chi connectivity index (χ3v) is 5.60. The number of hydrogen-bond acceptors (Lipinski definition) is 6. The number of fused-ring (bicyclic) bond motifs is 1. The quantitative estimate of drug-likeness (QED) is 0.325. The van der Waals surface area contributed by atoms with Gasteiger partial charge in [-0.15, -0.1) is 0 Å². The largest absolute Gasteiger partial charge is 0.487 e. The Kier molecular flexibility index (Phi) is 6.66. The lowest BCUT2D eigenvalue weighted by Gasteiger charge is -2.19. The number of ether oxygens (including phenoxy) is 2. The summed E-state index contributed by atoms with van der Waals surface area (Å²) in [5, 5.41) is 2.73. The highest BCUT2D eigenvalue weighted by molar-refractivity contribution is 5.86. The van der Waals surface area contributed by atoms with Crippen LogP contribution in [0.5, 0.6) is 5.75 Å². The van der Waals surface area contributed by atoms with Crippen molar-refractivity contribution in [2.24, 2.45) is 0 Å². The van der Waals surface area contributed by atoms with E-state index in [1.54, 1.807) is 78.8 Å². The van der Waals surface area contributed by atoms with Crippen LogP contribution >= 0.6 is 0 Å². The highest BCUT2D eigenvalue weighted by atomic mass is 16.6. The van der Waals surface area contributed by atoms with Gasteiger partial charge in [-0.2, -0.15) is 0 Å². The number of anilines is 1. The van der Waals surface area contributed by atoms with E-state index in [-0.39, 0.29) is 5.69 Å². The average molecular weight is 510 g/mol. The molecule has 5 aromatic rings. The van der Waals surface area contributed by atoms with Crippen LogP contribution in [0.1, 0.15) is 26.5 Å². The van der Waals surface area contributed by atoms with Crippen molar-refractivity contribution >= 4 is 22.8 Å². The van der Waals surface area contributed by atoms with Crippen LogP contribution in [0, 0.1) is 0 Å². The molecule has 0 aliphatic carbocycles. The molecule has 38 heavy (non-hydrogen) atoms. The molecule has 0 bridgehead atoms. The number of aromatic nitrogens is 4. The van der Waals surface area contributed by atoms with Crippen LogP contribution in [-0.2, 0) is 11.3 Å². The molecule has 0 atom stereocenters. The first-order chi connectivity index (χ1) is 18.3. The molecule has 9 nitrogen and oxygen atoms in total. The fourth-order valence-corrected chi connectivity index (χ4v) is 4.02. The van der Waals surface area contributed by atoms with Crippen LogP contribution in [-0.4, -0.2) is 30.8 Å². The summed E-state index contributed by atoms with van der Waals surface area (Å²) in [6.45, 7) is 5.73. The number of pyridine rings is 2. The van der Waals surface area contributed by atoms with E-state index in [1.807, 2.05) is 42.5 Å². The number of benzene rings is 2. The Morgan fingerprint density at radius 2 is 1.68 bits per heavy atom. The molecule has 1 N–H and O–H groups in total. The predicted octanol–water partition coefficient (Wildman–Crippen LogP) is 5.50. The topological polar surface area (TPSA) is 100 Å². The zero-order valence-corrected chi connectivity index (χ0v) is 21.3. The Labute approximate surface area is 219 Å². The van der Waals surface area contributed by atoms with Gasteiger partial charge in [0.1, 0.15) is 18.0 Å². The summed E-state index contributed by atoms with van der Waals surface area (Å²) in [4.78, 5) is 34.5. The third-order valence-electron chi connectivity index (χ3n) is 5.60. The number of hydrogen-bond donors (Lipinski definition) is 1. The summed E-state index contributed by atoms with van der Waals surface area (Å²) in [6, 6.07) is 21.8. The van der Waals surface area contributed by atoms with E-state index in [1.165, 1.54) is 0 Å². The van der Waals surface area contributed by atoms with Gasteiger partial charge in [0.25, 0.3) is 0 Å². The van der Waals surface area contributed by atoms with Gasteiger partial charge in [0.2, 0.25) is 0 Å². The summed E-state index contributed by atoms with van der Waals surface area (Å²) < 4.78 is 14.4. The predicted molar refractivity (Wildman–Crippen MR) is 145 cm³/mol. The van der Waals surface area contributed by atoms with Crippen LogP contribution < -0.4 is 15.7 Å². The zero-order valence-electron chi connectivity index (χ0n) is 21.3. The first-order valence-electron chi connectivity index (χ1n) is 12.1. The Balaban J connectivity index is 1.46. The first-order valence-corrected chi connectivity index (χ1v) is 12.1. The van der Waals surface area contributed by atoms with Crippen LogP contribution in [0.4, 0.5) is 10.5 Å². The molecule has 5 rings (SSSR count). The second kappa shape index (κ2) is 10.2. The van der Waals surface area contributed by atoms with Crippen molar-refractivity contribution in [3.05, 3.63) is 108 Å². The second-order valence-electron chi connectivity index (χ2n) is 9.60. The number of carbonyl (C=O) groups excluding carboxylic acids is 1. The Hall–Kier alpha value is -4.92. The van der Waals surface area contributed by atoms with Gasteiger partial charge in [0.15, 0.2) is 0 Å². The number of rotatable bonds is 6. The zero-order chi connectivity index (χ0) is 26.7. The third kappa shape index (κ3) is 5.41. The van der Waals surface area contributed by atoms with E-state index >= 15 is 0 Å². The summed E-state index contributed by atoms with van der Waals surface area (Å²) in [5.41, 5.74) is 3.01. The van der Waals surface area contributed by atoms with Crippen LogP contribution in [0.15, 0.2) is 96.2 Å². The molecule has 3 heterocycles. The van der Waals surface area contributed by atoms with E-state index in [9.17, 15) is 9.59 Å². The molecule has 192 valence electrons. The van der Waals surface area contributed by atoms with Gasteiger partial charge in [-0.3, -0.25) is 24.4 Å². The van der Waals surface area contributed by atoms with E-state index in [0.29, 0.717) is 40.5 Å². The number of carbonyl (C=O) groups is 1. The van der Waals surface area contributed by atoms with Crippen molar-refractivity contribution in [2.75, 3.05) is 5.32 Å². The van der Waals surface area contributed by atoms with Crippen molar-refractivity contribution in [2.45, 2.75) is 33.0 Å². The van der Waals surface area contributed by atoms with Crippen molar-refractivity contribution in [3.8, 4) is 17.1 Å². The second-order valence-corrected chi connectivity index (χ2v) is 9.60. The van der Waals surface area contributed by atoms with Gasteiger partial charge in [-0.05, 0) is 81.4 Å². The van der Waals surface area contributed by atoms with E-state index in [0.717, 1.165) is 5.69 Å². The molecule has 0 radical (unpaired) electrons. The molecule has 0 spiro atoms. The minimum Gasteiger partial charge on any atom is -0.487 e. The normalized spacial score (nSPS) is 11.3. The molecule has 0 saturated heterocycles. The lowest BCUT2D eigenvalue weighted by molar-refractivity contribution is 0.0636. The van der Waals surface area contributed by atoms with Gasteiger partial charge in [-0.1, -0.05) is 12.1 Å². The van der Waals surface area contributed by atoms with Crippen LogP contribution in [0.25, 0.3) is 22.4 Å². The molecule has 2 aromatic carbocycles. The molecule has 1 amide bonds. The molecule has 9 heteroatoms. The van der Waals surface area contributed by atoms with Crippen LogP contribution in [0.3, 0.4) is 0 Å². The average Bonchev–Trinajstić information content (AvgIpc) is 3.19. The highest BCUT2D eigenvalue weighted by Crippen LogP contribution is 2.24. The molecular weight excluding hydrogens is 482 g/mol. The van der Waals surface area contributed by atoms with Crippen molar-refractivity contribution in [1.29, 1.82) is 0 Å². The maximum atomic E-state index is 13.8. The molecule has 0 aliphatic heterocycles. The number of nitrogens with one attached hydrogen (secondary N) is 1.